The quantitative estimate of drug-likeness (QED) is 0.435. The Kier molecular flexibility index (Phi) is 3.38. The Morgan fingerprint density at radius 1 is 1.50 bits per heavy atom. The number of hydrogen-bond donors (Lipinski definition) is 4. The molecule has 0 aromatic carbocycles. The van der Waals surface area contributed by atoms with Gasteiger partial charge >= 0.3 is 5.69 Å². The summed E-state index contributed by atoms with van der Waals surface area (Å²) in [6.45, 7) is -0.528. The Morgan fingerprint density at radius 3 is 2.86 bits per heavy atom. The van der Waals surface area contributed by atoms with Gasteiger partial charge in [-0.25, -0.2) is 9.20 Å². The fraction of sp³-hybridized carbons (Fsp3) is 0.545. The lowest BCUT2D eigenvalue weighted by Crippen LogP contribution is -2.48. The van der Waals surface area contributed by atoms with Crippen LogP contribution in [0.15, 0.2) is 17.2 Å². The molecule has 0 radical (unpaired) electrons. The molecule has 1 fully saturated rings. The van der Waals surface area contributed by atoms with E-state index in [1.165, 1.54) is 24.1 Å². The molecule has 3 rings (SSSR count). The third-order valence-corrected chi connectivity index (χ3v) is 3.65. The number of imidazole rings is 1. The summed E-state index contributed by atoms with van der Waals surface area (Å²) >= 11 is 0. The maximum Gasteiger partial charge on any atom is 0.357 e. The van der Waals surface area contributed by atoms with E-state index in [4.69, 9.17) is 15.2 Å². The summed E-state index contributed by atoms with van der Waals surface area (Å²) in [7, 11) is 1.18. The molecular formula is C11H15N5O6. The second kappa shape index (κ2) is 5.00. The van der Waals surface area contributed by atoms with Gasteiger partial charge in [-0.05, 0) is 0 Å². The van der Waals surface area contributed by atoms with Crippen molar-refractivity contribution in [2.75, 3.05) is 19.5 Å². The molecule has 1 aliphatic rings. The SMILES string of the molecule is CO[C@@]1(O)[C@H](O)[C@@H](CO)O[C@H]1n1ccn2c(=O)nc(N)nc12. The smallest absolute Gasteiger partial charge is 0.357 e. The number of nitrogen functional groups attached to an aromatic ring is 1. The average Bonchev–Trinajstić information content (AvgIpc) is 3.00. The molecule has 22 heavy (non-hydrogen) atoms. The number of aliphatic hydroxyl groups excluding tert-OH is 2. The molecule has 4 atom stereocenters. The van der Waals surface area contributed by atoms with Crippen LogP contribution in [0.2, 0.25) is 0 Å². The molecule has 0 unspecified atom stereocenters. The Morgan fingerprint density at radius 2 is 2.23 bits per heavy atom. The van der Waals surface area contributed by atoms with E-state index >= 15 is 0 Å². The minimum absolute atomic E-state index is 0.0452. The molecular weight excluding hydrogens is 298 g/mol. The topological polar surface area (TPSA) is 157 Å². The van der Waals surface area contributed by atoms with Gasteiger partial charge in [0, 0.05) is 19.5 Å². The van der Waals surface area contributed by atoms with E-state index in [0.717, 1.165) is 4.40 Å². The van der Waals surface area contributed by atoms with Gasteiger partial charge in [0.25, 0.3) is 0 Å². The monoisotopic (exact) mass is 313 g/mol. The minimum atomic E-state index is -2.14. The largest absolute Gasteiger partial charge is 0.394 e. The molecule has 0 bridgehead atoms. The molecule has 120 valence electrons. The van der Waals surface area contributed by atoms with Crippen molar-refractivity contribution in [1.82, 2.24) is 18.9 Å². The summed E-state index contributed by atoms with van der Waals surface area (Å²) in [5, 5.41) is 29.8. The summed E-state index contributed by atoms with van der Waals surface area (Å²) in [5.74, 6) is -2.34. The molecule has 0 amide bonds. The van der Waals surface area contributed by atoms with Gasteiger partial charge in [-0.3, -0.25) is 4.57 Å². The van der Waals surface area contributed by atoms with Crippen molar-refractivity contribution in [3.05, 3.63) is 22.9 Å². The fourth-order valence-electron chi connectivity index (χ4n) is 2.50. The number of anilines is 1. The number of aromatic nitrogens is 4. The second-order valence-electron chi connectivity index (χ2n) is 4.85. The lowest BCUT2D eigenvalue weighted by Gasteiger charge is -2.29. The van der Waals surface area contributed by atoms with Crippen LogP contribution < -0.4 is 11.4 Å². The number of ether oxygens (including phenoxy) is 2. The first-order chi connectivity index (χ1) is 10.4. The first-order valence-electron chi connectivity index (χ1n) is 6.37. The van der Waals surface area contributed by atoms with Crippen molar-refractivity contribution in [3.8, 4) is 0 Å². The summed E-state index contributed by atoms with van der Waals surface area (Å²) in [5.41, 5.74) is 4.81. The van der Waals surface area contributed by atoms with Crippen LogP contribution in [0.25, 0.3) is 5.78 Å². The minimum Gasteiger partial charge on any atom is -0.394 e. The van der Waals surface area contributed by atoms with Crippen molar-refractivity contribution in [1.29, 1.82) is 0 Å². The Labute approximate surface area is 123 Å². The highest BCUT2D eigenvalue weighted by Crippen LogP contribution is 2.39. The molecule has 1 aliphatic heterocycles. The highest BCUT2D eigenvalue weighted by molar-refractivity contribution is 5.35. The van der Waals surface area contributed by atoms with Gasteiger partial charge in [0.1, 0.15) is 12.2 Å². The van der Waals surface area contributed by atoms with Gasteiger partial charge in [-0.1, -0.05) is 0 Å². The number of hydrogen-bond acceptors (Lipinski definition) is 9. The van der Waals surface area contributed by atoms with Crippen LogP contribution in [-0.2, 0) is 9.47 Å². The number of aliphatic hydroxyl groups is 3. The molecule has 0 aliphatic carbocycles. The van der Waals surface area contributed by atoms with E-state index in [-0.39, 0.29) is 11.7 Å². The average molecular weight is 313 g/mol. The van der Waals surface area contributed by atoms with E-state index < -0.39 is 36.5 Å². The predicted octanol–water partition coefficient (Wildman–Crippen LogP) is -2.94. The molecule has 11 nitrogen and oxygen atoms in total. The molecule has 2 aromatic heterocycles. The maximum atomic E-state index is 11.7. The van der Waals surface area contributed by atoms with E-state index in [0.29, 0.717) is 0 Å². The number of nitrogens with two attached hydrogens (primary N) is 1. The maximum absolute atomic E-state index is 11.7. The highest BCUT2D eigenvalue weighted by atomic mass is 16.7. The summed E-state index contributed by atoms with van der Waals surface area (Å²) in [6, 6.07) is 0. The molecule has 3 heterocycles. The zero-order valence-electron chi connectivity index (χ0n) is 11.5. The summed E-state index contributed by atoms with van der Waals surface area (Å²) < 4.78 is 12.8. The summed E-state index contributed by atoms with van der Waals surface area (Å²) in [4.78, 5) is 19.1. The molecule has 0 saturated carbocycles. The van der Waals surface area contributed by atoms with E-state index in [9.17, 15) is 20.1 Å². The van der Waals surface area contributed by atoms with Crippen LogP contribution in [0, 0.1) is 0 Å². The van der Waals surface area contributed by atoms with Crippen LogP contribution in [0.3, 0.4) is 0 Å². The zero-order chi connectivity index (χ0) is 16.1. The van der Waals surface area contributed by atoms with Crippen molar-refractivity contribution in [2.45, 2.75) is 24.2 Å². The van der Waals surface area contributed by atoms with Crippen LogP contribution >= 0.6 is 0 Å². The lowest BCUT2D eigenvalue weighted by molar-refractivity contribution is -0.264. The van der Waals surface area contributed by atoms with Gasteiger partial charge in [0.05, 0.1) is 6.61 Å². The van der Waals surface area contributed by atoms with Crippen LogP contribution in [0.5, 0.6) is 0 Å². The third kappa shape index (κ3) is 1.91. The summed E-state index contributed by atoms with van der Waals surface area (Å²) in [6.07, 6.45) is -1.06. The zero-order valence-corrected chi connectivity index (χ0v) is 11.5. The van der Waals surface area contributed by atoms with E-state index in [1.807, 2.05) is 0 Å². The Bertz CT molecular complexity index is 759. The Hall–Kier alpha value is -2.05. The van der Waals surface area contributed by atoms with Crippen LogP contribution in [0.4, 0.5) is 5.95 Å². The van der Waals surface area contributed by atoms with Crippen molar-refractivity contribution >= 4 is 11.7 Å². The molecule has 11 heteroatoms. The number of fused-ring (bicyclic) bond motifs is 1. The molecule has 5 N–H and O–H groups in total. The number of rotatable bonds is 3. The predicted molar refractivity (Wildman–Crippen MR) is 70.6 cm³/mol. The van der Waals surface area contributed by atoms with E-state index in [2.05, 4.69) is 9.97 Å². The second-order valence-corrected chi connectivity index (χ2v) is 4.85. The fourth-order valence-corrected chi connectivity index (χ4v) is 2.50. The highest BCUT2D eigenvalue weighted by Gasteiger charge is 2.57. The first kappa shape index (κ1) is 14.9. The van der Waals surface area contributed by atoms with Crippen LogP contribution in [0.1, 0.15) is 6.23 Å². The third-order valence-electron chi connectivity index (χ3n) is 3.65. The molecule has 0 spiro atoms. The van der Waals surface area contributed by atoms with Crippen LogP contribution in [-0.4, -0.2) is 66.0 Å². The molecule has 1 saturated heterocycles. The number of nitrogens with zero attached hydrogens (tertiary/aromatic N) is 4. The van der Waals surface area contributed by atoms with Crippen molar-refractivity contribution < 1.29 is 24.8 Å². The van der Waals surface area contributed by atoms with E-state index in [1.54, 1.807) is 0 Å². The van der Waals surface area contributed by atoms with Gasteiger partial charge < -0.3 is 30.5 Å². The van der Waals surface area contributed by atoms with Gasteiger partial charge in [-0.2, -0.15) is 9.97 Å². The first-order valence-corrected chi connectivity index (χ1v) is 6.37. The Balaban J connectivity index is 2.16. The van der Waals surface area contributed by atoms with Gasteiger partial charge in [0.15, 0.2) is 6.23 Å². The standard InChI is InChI=1S/C11H15N5O6/c1-21-11(20)6(18)5(4-17)22-7(11)15-2-3-16-9(15)13-8(12)14-10(16)19/h2-3,5-7,17-18,20H,4H2,1H3,(H2,12,14,19)/t5-,6-,7-,11+/m1/s1. The normalized spacial score (nSPS) is 31.9. The molecule has 2 aromatic rings. The lowest BCUT2D eigenvalue weighted by atomic mass is 10.1. The van der Waals surface area contributed by atoms with Crippen molar-refractivity contribution in [3.63, 3.8) is 0 Å². The van der Waals surface area contributed by atoms with Gasteiger partial charge in [-0.15, -0.1) is 0 Å². The van der Waals surface area contributed by atoms with Crippen molar-refractivity contribution in [2.24, 2.45) is 0 Å². The van der Waals surface area contributed by atoms with Gasteiger partial charge in [0.2, 0.25) is 17.5 Å². The number of methoxy groups -OCH3 is 1.